The van der Waals surface area contributed by atoms with E-state index in [0.29, 0.717) is 0 Å². The highest BCUT2D eigenvalue weighted by atomic mass is 16.5. The van der Waals surface area contributed by atoms with Crippen molar-refractivity contribution in [1.82, 2.24) is 26.6 Å². The number of aliphatic hydroxyl groups excluding tert-OH is 2. The van der Waals surface area contributed by atoms with Crippen LogP contribution in [0.3, 0.4) is 0 Å². The van der Waals surface area contributed by atoms with Gasteiger partial charge < -0.3 is 41.5 Å². The normalized spacial score (nSPS) is 15.1. The summed E-state index contributed by atoms with van der Waals surface area (Å²) in [6.07, 6.45) is -2.93. The van der Waals surface area contributed by atoms with Crippen LogP contribution < -0.4 is 26.6 Å². The number of amides is 5. The summed E-state index contributed by atoms with van der Waals surface area (Å²) < 4.78 is 4.68. The minimum atomic E-state index is -1.41. The molecule has 7 N–H and O–H groups in total. The van der Waals surface area contributed by atoms with E-state index in [1.165, 1.54) is 14.0 Å². The third kappa shape index (κ3) is 16.6. The van der Waals surface area contributed by atoms with E-state index in [2.05, 4.69) is 31.3 Å². The predicted octanol–water partition coefficient (Wildman–Crippen LogP) is 1.95. The van der Waals surface area contributed by atoms with E-state index >= 15 is 0 Å². The zero-order valence-electron chi connectivity index (χ0n) is 33.3. The summed E-state index contributed by atoms with van der Waals surface area (Å²) in [5, 5.41) is 35.8. The van der Waals surface area contributed by atoms with Crippen LogP contribution in [0.5, 0.6) is 0 Å². The number of carbonyl (C=O) groups excluding carboxylic acids is 6. The van der Waals surface area contributed by atoms with Gasteiger partial charge in [-0.3, -0.25) is 28.8 Å². The number of ether oxygens (including phenoxy) is 1. The molecule has 0 saturated heterocycles. The molecule has 0 radical (unpaired) electrons. The van der Waals surface area contributed by atoms with Crippen molar-refractivity contribution in [2.24, 2.45) is 17.8 Å². The van der Waals surface area contributed by atoms with E-state index < -0.39 is 78.4 Å². The molecule has 7 unspecified atom stereocenters. The lowest BCUT2D eigenvalue weighted by atomic mass is 9.96. The summed E-state index contributed by atoms with van der Waals surface area (Å²) >= 11 is 0. The molecule has 0 fully saturated rings. The first kappa shape index (κ1) is 46.3. The van der Waals surface area contributed by atoms with Crippen LogP contribution in [0, 0.1) is 17.8 Å². The largest absolute Gasteiger partial charge is 0.469 e. The minimum Gasteiger partial charge on any atom is -0.469 e. The van der Waals surface area contributed by atoms with E-state index in [4.69, 9.17) is 0 Å². The zero-order valence-corrected chi connectivity index (χ0v) is 33.3. The first-order valence-electron chi connectivity index (χ1n) is 18.9. The van der Waals surface area contributed by atoms with E-state index in [1.807, 2.05) is 50.2 Å². The van der Waals surface area contributed by atoms with Gasteiger partial charge in [-0.05, 0) is 48.6 Å². The molecule has 14 nitrogen and oxygen atoms in total. The fraction of sp³-hybridized carbons (Fsp3) is 0.561. The molecule has 5 amide bonds. The molecule has 7 atom stereocenters. The second-order valence-electron chi connectivity index (χ2n) is 15.1. The van der Waals surface area contributed by atoms with E-state index in [-0.39, 0.29) is 49.3 Å². The van der Waals surface area contributed by atoms with Crippen molar-refractivity contribution >= 4 is 35.5 Å². The SMILES string of the molecule is COC(=O)CC(O)C(Cc1ccccc1)NC(=O)C(C)NC(=O)CC(O)C(Cc1ccccc1)NC(=O)C(NC(=O)C(NC(=O)CC(C)C)C(C)C)C(C)C. The molecule has 2 rings (SSSR count). The number of hydrogen-bond donors (Lipinski definition) is 7. The van der Waals surface area contributed by atoms with Gasteiger partial charge in [0.05, 0.1) is 44.2 Å². The second-order valence-corrected chi connectivity index (χ2v) is 15.1. The number of esters is 1. The van der Waals surface area contributed by atoms with Crippen molar-refractivity contribution in [3.63, 3.8) is 0 Å². The molecule has 0 saturated carbocycles. The number of hydrogen-bond acceptors (Lipinski definition) is 9. The lowest BCUT2D eigenvalue weighted by Crippen LogP contribution is -2.59. The average Bonchev–Trinajstić information content (AvgIpc) is 3.12. The van der Waals surface area contributed by atoms with Crippen LogP contribution in [-0.4, -0.2) is 95.2 Å². The molecule has 0 aliphatic heterocycles. The molecule has 0 aromatic heterocycles. The maximum absolute atomic E-state index is 13.8. The molecule has 0 heterocycles. The third-order valence-corrected chi connectivity index (χ3v) is 9.06. The number of carbonyl (C=O) groups is 6. The van der Waals surface area contributed by atoms with Crippen LogP contribution in [0.1, 0.15) is 78.9 Å². The highest BCUT2D eigenvalue weighted by Gasteiger charge is 2.34. The van der Waals surface area contributed by atoms with Crippen LogP contribution in [0.4, 0.5) is 0 Å². The molecule has 14 heteroatoms. The number of rotatable bonds is 22. The van der Waals surface area contributed by atoms with Gasteiger partial charge in [0, 0.05) is 6.42 Å². The van der Waals surface area contributed by atoms with Crippen LogP contribution in [0.15, 0.2) is 60.7 Å². The van der Waals surface area contributed by atoms with Gasteiger partial charge in [0.15, 0.2) is 0 Å². The van der Waals surface area contributed by atoms with Gasteiger partial charge in [-0.15, -0.1) is 0 Å². The summed E-state index contributed by atoms with van der Waals surface area (Å²) in [6.45, 7) is 12.3. The topological polar surface area (TPSA) is 212 Å². The van der Waals surface area contributed by atoms with Gasteiger partial charge in [0.2, 0.25) is 29.5 Å². The lowest BCUT2D eigenvalue weighted by molar-refractivity contribution is -0.143. The van der Waals surface area contributed by atoms with Gasteiger partial charge in [-0.1, -0.05) is 102 Å². The van der Waals surface area contributed by atoms with Crippen LogP contribution in [0.2, 0.25) is 0 Å². The number of nitrogens with one attached hydrogen (secondary N) is 5. The van der Waals surface area contributed by atoms with Crippen molar-refractivity contribution in [3.05, 3.63) is 71.8 Å². The number of aliphatic hydroxyl groups is 2. The van der Waals surface area contributed by atoms with Crippen molar-refractivity contribution in [3.8, 4) is 0 Å². The molecular weight excluding hydrogens is 706 g/mol. The second kappa shape index (κ2) is 23.2. The van der Waals surface area contributed by atoms with Crippen LogP contribution in [0.25, 0.3) is 0 Å². The smallest absolute Gasteiger partial charge is 0.308 e. The molecule has 2 aromatic carbocycles. The molecule has 2 aromatic rings. The maximum Gasteiger partial charge on any atom is 0.308 e. The fourth-order valence-electron chi connectivity index (χ4n) is 5.89. The molecule has 0 aliphatic carbocycles. The molecule has 0 bridgehead atoms. The zero-order chi connectivity index (χ0) is 41.2. The summed E-state index contributed by atoms with van der Waals surface area (Å²) in [4.78, 5) is 78.1. The van der Waals surface area contributed by atoms with E-state index in [0.717, 1.165) is 11.1 Å². The molecule has 0 spiro atoms. The highest BCUT2D eigenvalue weighted by molar-refractivity contribution is 5.92. The molecule has 304 valence electrons. The quantitative estimate of drug-likeness (QED) is 0.0872. The molecular formula is C41H61N5O9. The minimum absolute atomic E-state index is 0.0936. The molecule has 55 heavy (non-hydrogen) atoms. The molecule has 0 aliphatic rings. The standard InChI is InChI=1S/C41H61N5O9/c1-24(2)19-34(49)45-37(25(3)4)41(54)46-38(26(5)6)40(53)44-30(20-28-15-11-9-12-16-28)32(47)22-35(50)42-27(7)39(52)43-31(33(48)23-36(51)55-8)21-29-17-13-10-14-18-29/h9-18,24-27,30-33,37-38,47-48H,19-23H2,1-8H3,(H,42,50)(H,43,52)(H,44,53)(H,45,49)(H,46,54). The Morgan fingerprint density at radius 3 is 1.42 bits per heavy atom. The highest BCUT2D eigenvalue weighted by Crippen LogP contribution is 2.14. The summed E-state index contributed by atoms with van der Waals surface area (Å²) in [7, 11) is 1.20. The fourth-order valence-corrected chi connectivity index (χ4v) is 5.89. The summed E-state index contributed by atoms with van der Waals surface area (Å²) in [5.41, 5.74) is 1.57. The van der Waals surface area contributed by atoms with Crippen molar-refractivity contribution < 1.29 is 43.7 Å². The monoisotopic (exact) mass is 767 g/mol. The van der Waals surface area contributed by atoms with E-state index in [9.17, 15) is 39.0 Å². The first-order valence-corrected chi connectivity index (χ1v) is 18.9. The predicted molar refractivity (Wildman–Crippen MR) is 208 cm³/mol. The Balaban J connectivity index is 2.18. The number of benzene rings is 2. The third-order valence-electron chi connectivity index (χ3n) is 9.06. The van der Waals surface area contributed by atoms with Gasteiger partial charge in [-0.25, -0.2) is 0 Å². The summed E-state index contributed by atoms with van der Waals surface area (Å²) in [5.74, 6) is -3.87. The lowest BCUT2D eigenvalue weighted by Gasteiger charge is -2.30. The Morgan fingerprint density at radius 2 is 0.964 bits per heavy atom. The Kier molecular flexibility index (Phi) is 19.5. The van der Waals surface area contributed by atoms with Crippen molar-refractivity contribution in [1.29, 1.82) is 0 Å². The van der Waals surface area contributed by atoms with Gasteiger partial charge in [0.1, 0.15) is 18.1 Å². The first-order chi connectivity index (χ1) is 25.9. The Hall–Kier alpha value is -4.82. The summed E-state index contributed by atoms with van der Waals surface area (Å²) in [6, 6.07) is 13.3. The van der Waals surface area contributed by atoms with Gasteiger partial charge in [0.25, 0.3) is 0 Å². The van der Waals surface area contributed by atoms with Crippen LogP contribution in [-0.2, 0) is 46.3 Å². The Bertz CT molecular complexity index is 1540. The Labute approximate surface area is 324 Å². The van der Waals surface area contributed by atoms with Crippen molar-refractivity contribution in [2.45, 2.75) is 123 Å². The average molecular weight is 768 g/mol. The van der Waals surface area contributed by atoms with Crippen molar-refractivity contribution in [2.75, 3.05) is 7.11 Å². The maximum atomic E-state index is 13.8. The Morgan fingerprint density at radius 1 is 0.545 bits per heavy atom. The number of methoxy groups -OCH3 is 1. The van der Waals surface area contributed by atoms with E-state index in [1.54, 1.807) is 52.0 Å². The van der Waals surface area contributed by atoms with Crippen LogP contribution >= 0.6 is 0 Å². The van der Waals surface area contributed by atoms with Gasteiger partial charge >= 0.3 is 5.97 Å². The van der Waals surface area contributed by atoms with Gasteiger partial charge in [-0.2, -0.15) is 0 Å².